The number of amides is 1. The molecule has 1 aliphatic heterocycles. The number of hydrogen-bond donors (Lipinski definition) is 0. The number of benzene rings is 1. The first-order chi connectivity index (χ1) is 17.0. The van der Waals surface area contributed by atoms with Crippen molar-refractivity contribution < 1.29 is 9.53 Å². The maximum atomic E-state index is 13.0. The summed E-state index contributed by atoms with van der Waals surface area (Å²) < 4.78 is 8.17. The van der Waals surface area contributed by atoms with Crippen LogP contribution in [0.1, 0.15) is 32.0 Å². The molecular formula is C26H27BrN6O2. The van der Waals surface area contributed by atoms with E-state index in [1.165, 1.54) is 0 Å². The van der Waals surface area contributed by atoms with Crippen LogP contribution in [0.2, 0.25) is 0 Å². The second-order valence-corrected chi connectivity index (χ2v) is 10.4. The lowest BCUT2D eigenvalue weighted by molar-refractivity contribution is -0.142. The van der Waals surface area contributed by atoms with E-state index in [4.69, 9.17) is 9.72 Å². The summed E-state index contributed by atoms with van der Waals surface area (Å²) in [6.07, 6.45) is 7.39. The van der Waals surface area contributed by atoms with Crippen LogP contribution in [0.3, 0.4) is 0 Å². The zero-order chi connectivity index (χ0) is 23.9. The molecule has 0 spiro atoms. The Morgan fingerprint density at radius 1 is 1.23 bits per heavy atom. The second-order valence-electron chi connectivity index (χ2n) is 9.65. The topological polar surface area (TPSA) is 86.0 Å². The number of morpholine rings is 1. The number of nitrogens with zero attached hydrogens (tertiary/aromatic N) is 6. The van der Waals surface area contributed by atoms with Crippen molar-refractivity contribution in [2.45, 2.75) is 38.7 Å². The van der Waals surface area contributed by atoms with Crippen LogP contribution >= 0.6 is 15.9 Å². The summed E-state index contributed by atoms with van der Waals surface area (Å²) in [6, 6.07) is 10.1. The number of aromatic nitrogens is 5. The van der Waals surface area contributed by atoms with Crippen molar-refractivity contribution in [1.29, 1.82) is 0 Å². The summed E-state index contributed by atoms with van der Waals surface area (Å²) in [4.78, 5) is 29.0. The van der Waals surface area contributed by atoms with Gasteiger partial charge in [0.1, 0.15) is 10.4 Å². The zero-order valence-electron chi connectivity index (χ0n) is 19.6. The number of hydrogen-bond acceptors (Lipinski definition) is 6. The first kappa shape index (κ1) is 22.5. The van der Waals surface area contributed by atoms with Gasteiger partial charge in [0.25, 0.3) is 0 Å². The molecule has 2 aliphatic rings. The summed E-state index contributed by atoms with van der Waals surface area (Å²) in [6.45, 7) is 4.06. The molecule has 35 heavy (non-hydrogen) atoms. The summed E-state index contributed by atoms with van der Waals surface area (Å²) in [7, 11) is 0. The first-order valence-corrected chi connectivity index (χ1v) is 13.0. The Balaban J connectivity index is 1.22. The number of ether oxygens (including phenoxy) is 1. The minimum absolute atomic E-state index is 0.0971. The number of halogens is 1. The molecule has 9 heteroatoms. The molecule has 180 valence electrons. The van der Waals surface area contributed by atoms with Crippen LogP contribution in [0.15, 0.2) is 47.3 Å². The van der Waals surface area contributed by atoms with Gasteiger partial charge < -0.3 is 9.64 Å². The van der Waals surface area contributed by atoms with E-state index in [1.807, 2.05) is 47.0 Å². The number of fused-ring (bicyclic) bond motifs is 2. The molecule has 1 aromatic carbocycles. The van der Waals surface area contributed by atoms with Crippen LogP contribution < -0.4 is 0 Å². The van der Waals surface area contributed by atoms with Crippen LogP contribution in [0.25, 0.3) is 27.6 Å². The van der Waals surface area contributed by atoms with Gasteiger partial charge in [0.05, 0.1) is 29.3 Å². The van der Waals surface area contributed by atoms with E-state index in [0.29, 0.717) is 25.6 Å². The Hall–Kier alpha value is -2.91. The third kappa shape index (κ3) is 4.43. The molecule has 6 rings (SSSR count). The molecule has 0 bridgehead atoms. The molecule has 2 fully saturated rings. The van der Waals surface area contributed by atoms with Crippen LogP contribution in [-0.4, -0.2) is 61.3 Å². The Labute approximate surface area is 211 Å². The fourth-order valence-electron chi connectivity index (χ4n) is 5.40. The summed E-state index contributed by atoms with van der Waals surface area (Å²) >= 11 is 3.57. The van der Waals surface area contributed by atoms with Gasteiger partial charge in [-0.3, -0.25) is 9.78 Å². The normalized spacial score (nSPS) is 22.8. The highest BCUT2D eigenvalue weighted by Crippen LogP contribution is 2.35. The number of carbonyl (C=O) groups excluding carboxylic acids is 1. The largest absolute Gasteiger partial charge is 0.375 e. The Kier molecular flexibility index (Phi) is 5.98. The van der Waals surface area contributed by atoms with Crippen LogP contribution in [0, 0.1) is 11.8 Å². The van der Waals surface area contributed by atoms with Crippen molar-refractivity contribution in [3.63, 3.8) is 0 Å². The van der Waals surface area contributed by atoms with E-state index >= 15 is 0 Å². The quantitative estimate of drug-likeness (QED) is 0.387. The van der Waals surface area contributed by atoms with Gasteiger partial charge in [0.2, 0.25) is 5.91 Å². The van der Waals surface area contributed by atoms with Gasteiger partial charge in [-0.05, 0) is 72.3 Å². The highest BCUT2D eigenvalue weighted by atomic mass is 79.9. The maximum Gasteiger partial charge on any atom is 0.225 e. The van der Waals surface area contributed by atoms with E-state index in [1.54, 1.807) is 6.20 Å². The molecule has 0 N–H and O–H groups in total. The lowest BCUT2D eigenvalue weighted by Crippen LogP contribution is -2.46. The Morgan fingerprint density at radius 3 is 3.03 bits per heavy atom. The fourth-order valence-corrected chi connectivity index (χ4v) is 5.84. The molecule has 3 aromatic heterocycles. The molecule has 1 aliphatic carbocycles. The highest BCUT2D eigenvalue weighted by Gasteiger charge is 2.34. The number of carbonyl (C=O) groups is 1. The van der Waals surface area contributed by atoms with Crippen molar-refractivity contribution in [3.05, 3.63) is 53.2 Å². The van der Waals surface area contributed by atoms with Gasteiger partial charge in [-0.1, -0.05) is 6.07 Å². The van der Waals surface area contributed by atoms with Gasteiger partial charge >= 0.3 is 0 Å². The third-order valence-electron chi connectivity index (χ3n) is 7.17. The van der Waals surface area contributed by atoms with E-state index in [2.05, 4.69) is 37.1 Å². The summed E-state index contributed by atoms with van der Waals surface area (Å²) in [5.74, 6) is 1.59. The van der Waals surface area contributed by atoms with E-state index in [-0.39, 0.29) is 17.9 Å². The van der Waals surface area contributed by atoms with Crippen molar-refractivity contribution in [2.24, 2.45) is 11.8 Å². The van der Waals surface area contributed by atoms with E-state index < -0.39 is 0 Å². The average molecular weight is 535 g/mol. The summed E-state index contributed by atoms with van der Waals surface area (Å²) in [5, 5.41) is 6.61. The molecule has 8 nitrogen and oxygen atoms in total. The lowest BCUT2D eigenvalue weighted by atomic mass is 10.00. The average Bonchev–Trinajstić information content (AvgIpc) is 3.47. The summed E-state index contributed by atoms with van der Waals surface area (Å²) in [5.41, 5.74) is 2.65. The minimum Gasteiger partial charge on any atom is -0.375 e. The lowest BCUT2D eigenvalue weighted by Gasteiger charge is -2.33. The van der Waals surface area contributed by atoms with Crippen molar-refractivity contribution >= 4 is 43.8 Å². The fraction of sp³-hybridized carbons (Fsp3) is 0.423. The van der Waals surface area contributed by atoms with Crippen molar-refractivity contribution in [1.82, 2.24) is 29.6 Å². The molecular weight excluding hydrogens is 508 g/mol. The molecule has 1 saturated heterocycles. The molecule has 4 heterocycles. The molecule has 1 amide bonds. The second kappa shape index (κ2) is 9.28. The third-order valence-corrected chi connectivity index (χ3v) is 7.76. The smallest absolute Gasteiger partial charge is 0.225 e. The van der Waals surface area contributed by atoms with Gasteiger partial charge in [0, 0.05) is 43.2 Å². The highest BCUT2D eigenvalue weighted by molar-refractivity contribution is 9.10. The predicted octanol–water partition coefficient (Wildman–Crippen LogP) is 4.33. The Bertz CT molecular complexity index is 1410. The molecule has 0 unspecified atom stereocenters. The molecule has 0 radical (unpaired) electrons. The van der Waals surface area contributed by atoms with E-state index in [0.717, 1.165) is 63.7 Å². The monoisotopic (exact) mass is 534 g/mol. The van der Waals surface area contributed by atoms with Gasteiger partial charge in [-0.2, -0.15) is 5.10 Å². The molecule has 4 aromatic rings. The first-order valence-electron chi connectivity index (χ1n) is 12.2. The predicted molar refractivity (Wildman–Crippen MR) is 136 cm³/mol. The molecule has 3 atom stereocenters. The van der Waals surface area contributed by atoms with Crippen LogP contribution in [0.5, 0.6) is 0 Å². The van der Waals surface area contributed by atoms with Gasteiger partial charge in [0.15, 0.2) is 5.65 Å². The van der Waals surface area contributed by atoms with Crippen LogP contribution in [0.4, 0.5) is 0 Å². The number of pyridine rings is 1. The number of rotatable bonds is 4. The maximum absolute atomic E-state index is 13.0. The van der Waals surface area contributed by atoms with Crippen molar-refractivity contribution in [2.75, 3.05) is 19.7 Å². The Morgan fingerprint density at radius 2 is 2.14 bits per heavy atom. The minimum atomic E-state index is 0.0971. The van der Waals surface area contributed by atoms with E-state index in [9.17, 15) is 4.79 Å². The van der Waals surface area contributed by atoms with Crippen LogP contribution in [-0.2, 0) is 16.0 Å². The SMILES string of the molecule is C[C@H]1CN(C(=O)[C@@H]2CC[C@@H](Cc3ncc4c(Br)nn(-c5ccc6ncccc6c5)c4n3)C2)CCO1. The van der Waals surface area contributed by atoms with Crippen molar-refractivity contribution in [3.8, 4) is 5.69 Å². The standard InChI is InChI=1S/C26H27BrN6O2/c1-16-15-32(9-10-35-16)26(34)19-5-4-17(11-19)12-23-29-14-21-24(27)31-33(25(21)30-23)20-6-7-22-18(13-20)3-2-8-28-22/h2-3,6-8,13-14,16-17,19H,4-5,9-12,15H2,1H3/t16-,17+,19+/m0/s1. The molecule has 1 saturated carbocycles. The van der Waals surface area contributed by atoms with Gasteiger partial charge in [-0.25, -0.2) is 14.6 Å². The zero-order valence-corrected chi connectivity index (χ0v) is 21.2. The van der Waals surface area contributed by atoms with Gasteiger partial charge in [-0.15, -0.1) is 0 Å².